The quantitative estimate of drug-likeness (QED) is 0.754. The second-order valence-corrected chi connectivity index (χ2v) is 9.07. The molecule has 33 heavy (non-hydrogen) atoms. The summed E-state index contributed by atoms with van der Waals surface area (Å²) < 4.78 is 45.7. The van der Waals surface area contributed by atoms with Gasteiger partial charge in [0, 0.05) is 44.2 Å². The normalized spacial score (nSPS) is 24.9. The number of hydrogen-bond acceptors (Lipinski definition) is 4. The van der Waals surface area contributed by atoms with E-state index in [9.17, 15) is 18.0 Å². The molecule has 1 amide bonds. The number of alkyl halides is 3. The Balaban J connectivity index is 1.42. The molecule has 0 bridgehead atoms. The lowest BCUT2D eigenvalue weighted by molar-refractivity contribution is -0.137. The Kier molecular flexibility index (Phi) is 5.95. The highest BCUT2D eigenvalue weighted by atomic mass is 19.4. The molecule has 5 nitrogen and oxygen atoms in total. The van der Waals surface area contributed by atoms with E-state index in [1.807, 2.05) is 18.2 Å². The topological polar surface area (TPSA) is 44.8 Å². The highest BCUT2D eigenvalue weighted by Gasteiger charge is 2.43. The first-order chi connectivity index (χ1) is 15.9. The summed E-state index contributed by atoms with van der Waals surface area (Å²) in [6.07, 6.45) is -2.19. The molecule has 3 aliphatic heterocycles. The van der Waals surface area contributed by atoms with Crippen molar-refractivity contribution in [3.8, 4) is 0 Å². The molecule has 0 radical (unpaired) electrons. The van der Waals surface area contributed by atoms with Crippen molar-refractivity contribution < 1.29 is 22.7 Å². The van der Waals surface area contributed by atoms with Crippen LogP contribution in [0.25, 0.3) is 0 Å². The number of para-hydroxylation sites is 1. The van der Waals surface area contributed by atoms with Crippen LogP contribution < -0.4 is 15.1 Å². The van der Waals surface area contributed by atoms with Gasteiger partial charge in [-0.2, -0.15) is 13.2 Å². The lowest BCUT2D eigenvalue weighted by Gasteiger charge is -2.49. The number of nitrogens with one attached hydrogen (secondary N) is 1. The van der Waals surface area contributed by atoms with Crippen LogP contribution in [-0.2, 0) is 22.1 Å². The SMILES string of the molecule is O=C(NC[C@@H]1CCCO1)[C@@H]1Cc2cc(C(F)(F)F)ccc2N2CCN(c3ccccc3)C[C@@H]12. The van der Waals surface area contributed by atoms with Gasteiger partial charge < -0.3 is 19.9 Å². The Morgan fingerprint density at radius 3 is 2.67 bits per heavy atom. The maximum atomic E-state index is 13.4. The second kappa shape index (κ2) is 8.89. The zero-order valence-electron chi connectivity index (χ0n) is 18.4. The number of fused-ring (bicyclic) bond motifs is 3. The zero-order valence-corrected chi connectivity index (χ0v) is 18.4. The minimum Gasteiger partial charge on any atom is -0.376 e. The standard InChI is InChI=1S/C25H28F3N3O2/c26-25(27,28)18-8-9-22-17(13-18)14-21(24(32)29-15-20-7-4-12-33-20)23-16-30(10-11-31(22)23)19-5-2-1-3-6-19/h1-3,5-6,8-9,13,20-21,23H,4,7,10-12,14-16H2,(H,29,32)/t20-,21+,23-/m0/s1. The van der Waals surface area contributed by atoms with Crippen LogP contribution in [0, 0.1) is 5.92 Å². The number of rotatable bonds is 4. The van der Waals surface area contributed by atoms with E-state index in [0.717, 1.165) is 36.8 Å². The number of benzene rings is 2. The van der Waals surface area contributed by atoms with Crippen LogP contribution in [0.2, 0.25) is 0 Å². The van der Waals surface area contributed by atoms with Crippen LogP contribution in [0.5, 0.6) is 0 Å². The molecule has 8 heteroatoms. The monoisotopic (exact) mass is 459 g/mol. The highest BCUT2D eigenvalue weighted by Crippen LogP contribution is 2.40. The van der Waals surface area contributed by atoms with Crippen LogP contribution in [0.1, 0.15) is 24.0 Å². The fraction of sp³-hybridized carbons (Fsp3) is 0.480. The van der Waals surface area contributed by atoms with E-state index >= 15 is 0 Å². The number of ether oxygens (including phenoxy) is 1. The molecule has 2 fully saturated rings. The molecule has 0 spiro atoms. The average Bonchev–Trinajstić information content (AvgIpc) is 3.35. The zero-order chi connectivity index (χ0) is 23.0. The first-order valence-corrected chi connectivity index (χ1v) is 11.6. The summed E-state index contributed by atoms with van der Waals surface area (Å²) in [6.45, 7) is 3.18. The average molecular weight is 460 g/mol. The molecule has 3 aliphatic rings. The number of nitrogens with zero attached hydrogens (tertiary/aromatic N) is 2. The molecule has 1 N–H and O–H groups in total. The Hall–Kier alpha value is -2.74. The summed E-state index contributed by atoms with van der Waals surface area (Å²) in [6, 6.07) is 13.9. The predicted molar refractivity (Wildman–Crippen MR) is 120 cm³/mol. The number of carbonyl (C=O) groups excluding carboxylic acids is 1. The fourth-order valence-electron chi connectivity index (χ4n) is 5.32. The van der Waals surface area contributed by atoms with E-state index in [1.54, 1.807) is 6.07 Å². The number of anilines is 2. The summed E-state index contributed by atoms with van der Waals surface area (Å²) in [5, 5.41) is 3.03. The van der Waals surface area contributed by atoms with Crippen molar-refractivity contribution in [3.63, 3.8) is 0 Å². The van der Waals surface area contributed by atoms with Gasteiger partial charge >= 0.3 is 6.18 Å². The summed E-state index contributed by atoms with van der Waals surface area (Å²) in [4.78, 5) is 17.7. The van der Waals surface area contributed by atoms with Crippen LogP contribution in [0.15, 0.2) is 48.5 Å². The van der Waals surface area contributed by atoms with E-state index in [0.29, 0.717) is 38.2 Å². The molecular formula is C25H28F3N3O2. The third-order valence-electron chi connectivity index (χ3n) is 7.03. The number of piperazine rings is 1. The summed E-state index contributed by atoms with van der Waals surface area (Å²) in [5.41, 5.74) is 1.82. The minimum absolute atomic E-state index is 0.0185. The van der Waals surface area contributed by atoms with E-state index in [-0.39, 0.29) is 18.1 Å². The number of amides is 1. The smallest absolute Gasteiger partial charge is 0.376 e. The summed E-state index contributed by atoms with van der Waals surface area (Å²) in [5.74, 6) is -0.549. The molecular weight excluding hydrogens is 431 g/mol. The largest absolute Gasteiger partial charge is 0.416 e. The molecule has 0 unspecified atom stereocenters. The van der Waals surface area contributed by atoms with Crippen molar-refractivity contribution in [1.82, 2.24) is 5.32 Å². The third-order valence-corrected chi connectivity index (χ3v) is 7.03. The molecule has 5 rings (SSSR count). The number of carbonyl (C=O) groups is 1. The van der Waals surface area contributed by atoms with E-state index in [2.05, 4.69) is 27.2 Å². The van der Waals surface area contributed by atoms with Gasteiger partial charge in [-0.25, -0.2) is 0 Å². The molecule has 2 saturated heterocycles. The van der Waals surface area contributed by atoms with Gasteiger partial charge in [-0.3, -0.25) is 4.79 Å². The molecule has 2 aromatic rings. The van der Waals surface area contributed by atoms with Gasteiger partial charge in [-0.15, -0.1) is 0 Å². The second-order valence-electron chi connectivity index (χ2n) is 9.07. The van der Waals surface area contributed by atoms with Crippen molar-refractivity contribution in [2.75, 3.05) is 42.6 Å². The summed E-state index contributed by atoms with van der Waals surface area (Å²) in [7, 11) is 0. The molecule has 3 heterocycles. The Bertz CT molecular complexity index is 992. The molecule has 0 aromatic heterocycles. The first kappa shape index (κ1) is 22.1. The van der Waals surface area contributed by atoms with Gasteiger partial charge in [0.05, 0.1) is 23.6 Å². The van der Waals surface area contributed by atoms with E-state index in [4.69, 9.17) is 4.74 Å². The molecule has 3 atom stereocenters. The maximum Gasteiger partial charge on any atom is 0.416 e. The number of halogens is 3. The van der Waals surface area contributed by atoms with Gasteiger partial charge in [0.2, 0.25) is 5.91 Å². The Labute approximate surface area is 191 Å². The van der Waals surface area contributed by atoms with Crippen LogP contribution >= 0.6 is 0 Å². The van der Waals surface area contributed by atoms with Crippen LogP contribution in [0.4, 0.5) is 24.5 Å². The van der Waals surface area contributed by atoms with Gasteiger partial charge in [-0.1, -0.05) is 18.2 Å². The first-order valence-electron chi connectivity index (χ1n) is 11.6. The Morgan fingerprint density at radius 1 is 1.12 bits per heavy atom. The van der Waals surface area contributed by atoms with Crippen molar-refractivity contribution in [3.05, 3.63) is 59.7 Å². The van der Waals surface area contributed by atoms with Gasteiger partial charge in [-0.05, 0) is 55.2 Å². The molecule has 176 valence electrons. The van der Waals surface area contributed by atoms with Gasteiger partial charge in [0.25, 0.3) is 0 Å². The Morgan fingerprint density at radius 2 is 1.94 bits per heavy atom. The van der Waals surface area contributed by atoms with Crippen molar-refractivity contribution >= 4 is 17.3 Å². The molecule has 0 aliphatic carbocycles. The van der Waals surface area contributed by atoms with Crippen molar-refractivity contribution in [2.24, 2.45) is 5.92 Å². The van der Waals surface area contributed by atoms with Crippen molar-refractivity contribution in [2.45, 2.75) is 37.6 Å². The van der Waals surface area contributed by atoms with Crippen LogP contribution in [-0.4, -0.2) is 50.8 Å². The molecule has 0 saturated carbocycles. The highest BCUT2D eigenvalue weighted by molar-refractivity contribution is 5.82. The van der Waals surface area contributed by atoms with Crippen LogP contribution in [0.3, 0.4) is 0 Å². The lowest BCUT2D eigenvalue weighted by Crippen LogP contribution is -2.61. The van der Waals surface area contributed by atoms with E-state index < -0.39 is 17.7 Å². The third kappa shape index (κ3) is 4.53. The van der Waals surface area contributed by atoms with Gasteiger partial charge in [0.15, 0.2) is 0 Å². The molecule has 2 aromatic carbocycles. The number of hydrogen-bond donors (Lipinski definition) is 1. The lowest BCUT2D eigenvalue weighted by atomic mass is 9.82. The minimum atomic E-state index is -4.41. The maximum absolute atomic E-state index is 13.4. The van der Waals surface area contributed by atoms with E-state index in [1.165, 1.54) is 6.07 Å². The predicted octanol–water partition coefficient (Wildman–Crippen LogP) is 3.87. The van der Waals surface area contributed by atoms with Gasteiger partial charge in [0.1, 0.15) is 0 Å². The van der Waals surface area contributed by atoms with Crippen molar-refractivity contribution in [1.29, 1.82) is 0 Å². The fourth-order valence-corrected chi connectivity index (χ4v) is 5.32. The summed E-state index contributed by atoms with van der Waals surface area (Å²) >= 11 is 0.